The molecule has 0 saturated heterocycles. The molecule has 0 amide bonds. The van der Waals surface area contributed by atoms with Crippen LogP contribution < -0.4 is 5.43 Å². The number of anilines is 1. The van der Waals surface area contributed by atoms with E-state index in [1.165, 1.54) is 35.3 Å². The molecule has 20 heavy (non-hydrogen) atoms. The van der Waals surface area contributed by atoms with Crippen LogP contribution in [0.5, 0.6) is 0 Å². The number of hydrogen-bond acceptors (Lipinski definition) is 5. The summed E-state index contributed by atoms with van der Waals surface area (Å²) in [5, 5.41) is 24.8. The van der Waals surface area contributed by atoms with E-state index in [-0.39, 0.29) is 11.4 Å². The summed E-state index contributed by atoms with van der Waals surface area (Å²) < 4.78 is 15.2. The SMILES string of the molecule is N#CC(C#N)=NNc1ccc(-n2cc(Cl)cn2)c(F)c1. The highest BCUT2D eigenvalue weighted by atomic mass is 35.5. The first-order chi connectivity index (χ1) is 9.63. The van der Waals surface area contributed by atoms with Crippen LogP contribution in [0.1, 0.15) is 0 Å². The van der Waals surface area contributed by atoms with Crippen LogP contribution in [0, 0.1) is 28.5 Å². The third-order valence-corrected chi connectivity index (χ3v) is 2.45. The van der Waals surface area contributed by atoms with Crippen LogP contribution in [0.2, 0.25) is 5.02 Å². The lowest BCUT2D eigenvalue weighted by Gasteiger charge is -2.05. The van der Waals surface area contributed by atoms with Crippen molar-refractivity contribution in [2.24, 2.45) is 5.10 Å². The first-order valence-electron chi connectivity index (χ1n) is 5.28. The van der Waals surface area contributed by atoms with Crippen molar-refractivity contribution in [2.45, 2.75) is 0 Å². The van der Waals surface area contributed by atoms with Crippen LogP contribution in [0.3, 0.4) is 0 Å². The molecule has 0 atom stereocenters. The Morgan fingerprint density at radius 3 is 2.70 bits per heavy atom. The van der Waals surface area contributed by atoms with Crippen molar-refractivity contribution in [3.8, 4) is 17.8 Å². The number of hydrogen-bond donors (Lipinski definition) is 1. The second-order valence-corrected chi connectivity index (χ2v) is 4.00. The van der Waals surface area contributed by atoms with Gasteiger partial charge in [0.05, 0.1) is 16.9 Å². The number of benzene rings is 1. The maximum absolute atomic E-state index is 13.9. The van der Waals surface area contributed by atoms with Crippen molar-refractivity contribution in [3.05, 3.63) is 41.4 Å². The molecule has 2 aromatic rings. The summed E-state index contributed by atoms with van der Waals surface area (Å²) in [7, 11) is 0. The highest BCUT2D eigenvalue weighted by Gasteiger charge is 2.07. The maximum atomic E-state index is 13.9. The molecule has 0 unspecified atom stereocenters. The summed E-state index contributed by atoms with van der Waals surface area (Å²) in [6.45, 7) is 0. The lowest BCUT2D eigenvalue weighted by atomic mass is 10.2. The standard InChI is InChI=1S/C12H6ClFN6/c13-8-6-17-20(7-8)12-2-1-9(3-11(12)14)18-19-10(4-15)5-16/h1-3,6-7,18H. The predicted molar refractivity (Wildman–Crippen MR) is 70.8 cm³/mol. The van der Waals surface area contributed by atoms with E-state index in [1.54, 1.807) is 12.1 Å². The highest BCUT2D eigenvalue weighted by Crippen LogP contribution is 2.19. The van der Waals surface area contributed by atoms with E-state index in [1.807, 2.05) is 0 Å². The van der Waals surface area contributed by atoms with Crippen molar-refractivity contribution >= 4 is 23.0 Å². The van der Waals surface area contributed by atoms with E-state index in [9.17, 15) is 4.39 Å². The van der Waals surface area contributed by atoms with Gasteiger partial charge in [-0.2, -0.15) is 20.7 Å². The normalized spacial score (nSPS) is 9.40. The minimum absolute atomic E-state index is 0.215. The first kappa shape index (κ1) is 13.5. The van der Waals surface area contributed by atoms with Crippen molar-refractivity contribution in [2.75, 3.05) is 5.43 Å². The third kappa shape index (κ3) is 2.91. The van der Waals surface area contributed by atoms with E-state index < -0.39 is 5.82 Å². The topological polar surface area (TPSA) is 89.8 Å². The molecule has 0 bridgehead atoms. The minimum Gasteiger partial charge on any atom is -0.276 e. The molecule has 1 aromatic heterocycles. The summed E-state index contributed by atoms with van der Waals surface area (Å²) in [5.41, 5.74) is 2.58. The minimum atomic E-state index is -0.555. The molecule has 0 aliphatic rings. The number of rotatable bonds is 3. The molecule has 2 rings (SSSR count). The number of nitrogens with zero attached hydrogens (tertiary/aromatic N) is 5. The summed E-state index contributed by atoms with van der Waals surface area (Å²) in [6, 6.07) is 7.33. The Hall–Kier alpha value is -2.90. The molecular formula is C12H6ClFN6. The summed E-state index contributed by atoms with van der Waals surface area (Å²) in [5.74, 6) is -0.555. The fourth-order valence-corrected chi connectivity index (χ4v) is 1.53. The van der Waals surface area contributed by atoms with Gasteiger partial charge in [0, 0.05) is 12.3 Å². The summed E-state index contributed by atoms with van der Waals surface area (Å²) in [4.78, 5) is 0. The van der Waals surface area contributed by atoms with Gasteiger partial charge >= 0.3 is 0 Å². The lowest BCUT2D eigenvalue weighted by molar-refractivity contribution is 0.611. The molecule has 1 heterocycles. The van der Waals surface area contributed by atoms with E-state index in [0.29, 0.717) is 10.7 Å². The zero-order valence-electron chi connectivity index (χ0n) is 9.88. The van der Waals surface area contributed by atoms with Crippen molar-refractivity contribution in [1.29, 1.82) is 10.5 Å². The number of hydrazone groups is 1. The molecular weight excluding hydrogens is 283 g/mol. The monoisotopic (exact) mass is 288 g/mol. The van der Waals surface area contributed by atoms with Crippen LogP contribution in [-0.2, 0) is 0 Å². The fourth-order valence-electron chi connectivity index (χ4n) is 1.39. The second-order valence-electron chi connectivity index (χ2n) is 3.57. The molecule has 1 N–H and O–H groups in total. The average Bonchev–Trinajstić information content (AvgIpc) is 2.86. The van der Waals surface area contributed by atoms with Gasteiger partial charge in [0.1, 0.15) is 17.8 Å². The second kappa shape index (κ2) is 5.83. The Balaban J connectivity index is 2.25. The zero-order chi connectivity index (χ0) is 14.5. The number of nitrogens with one attached hydrogen (secondary N) is 1. The van der Waals surface area contributed by atoms with Gasteiger partial charge in [-0.25, -0.2) is 9.07 Å². The molecule has 0 aliphatic heterocycles. The number of nitriles is 2. The fraction of sp³-hybridized carbons (Fsp3) is 0. The predicted octanol–water partition coefficient (Wildman–Crippen LogP) is 2.48. The molecule has 0 aliphatic carbocycles. The Bertz CT molecular complexity index is 736. The van der Waals surface area contributed by atoms with Gasteiger partial charge in [-0.3, -0.25) is 5.43 Å². The molecule has 1 aromatic carbocycles. The van der Waals surface area contributed by atoms with Crippen molar-refractivity contribution in [1.82, 2.24) is 9.78 Å². The van der Waals surface area contributed by atoms with Crippen LogP contribution in [-0.4, -0.2) is 15.5 Å². The Labute approximate surface area is 118 Å². The van der Waals surface area contributed by atoms with Gasteiger partial charge in [0.25, 0.3) is 0 Å². The lowest BCUT2D eigenvalue weighted by Crippen LogP contribution is -2.00. The Morgan fingerprint density at radius 1 is 1.40 bits per heavy atom. The van der Waals surface area contributed by atoms with E-state index in [4.69, 9.17) is 22.1 Å². The Kier molecular flexibility index (Phi) is 3.94. The molecule has 0 radical (unpaired) electrons. The van der Waals surface area contributed by atoms with E-state index in [0.717, 1.165) is 0 Å². The molecule has 6 nitrogen and oxygen atoms in total. The molecule has 0 fully saturated rings. The Morgan fingerprint density at radius 2 is 2.15 bits per heavy atom. The molecule has 98 valence electrons. The van der Waals surface area contributed by atoms with Crippen LogP contribution in [0.4, 0.5) is 10.1 Å². The van der Waals surface area contributed by atoms with Gasteiger partial charge in [0.2, 0.25) is 5.71 Å². The smallest absolute Gasteiger partial charge is 0.237 e. The van der Waals surface area contributed by atoms with Crippen molar-refractivity contribution in [3.63, 3.8) is 0 Å². The summed E-state index contributed by atoms with van der Waals surface area (Å²) in [6.07, 6.45) is 2.86. The average molecular weight is 289 g/mol. The van der Waals surface area contributed by atoms with Gasteiger partial charge in [0.15, 0.2) is 5.82 Å². The first-order valence-corrected chi connectivity index (χ1v) is 5.66. The van der Waals surface area contributed by atoms with Crippen LogP contribution in [0.25, 0.3) is 5.69 Å². The van der Waals surface area contributed by atoms with Crippen LogP contribution in [0.15, 0.2) is 35.7 Å². The largest absolute Gasteiger partial charge is 0.276 e. The van der Waals surface area contributed by atoms with E-state index in [2.05, 4.69) is 15.6 Å². The zero-order valence-corrected chi connectivity index (χ0v) is 10.6. The maximum Gasteiger partial charge on any atom is 0.237 e. The van der Waals surface area contributed by atoms with Crippen molar-refractivity contribution < 1.29 is 4.39 Å². The van der Waals surface area contributed by atoms with Gasteiger partial charge in [-0.05, 0) is 12.1 Å². The molecule has 0 saturated carbocycles. The highest BCUT2D eigenvalue weighted by molar-refractivity contribution is 6.30. The van der Waals surface area contributed by atoms with Crippen LogP contribution >= 0.6 is 11.6 Å². The van der Waals surface area contributed by atoms with Gasteiger partial charge in [-0.1, -0.05) is 11.6 Å². The quantitative estimate of drug-likeness (QED) is 0.694. The molecule has 0 spiro atoms. The van der Waals surface area contributed by atoms with E-state index >= 15 is 0 Å². The van der Waals surface area contributed by atoms with Gasteiger partial charge in [-0.15, -0.1) is 0 Å². The van der Waals surface area contributed by atoms with Gasteiger partial charge < -0.3 is 0 Å². The number of halogens is 2. The summed E-state index contributed by atoms with van der Waals surface area (Å²) >= 11 is 5.71. The number of aromatic nitrogens is 2. The third-order valence-electron chi connectivity index (χ3n) is 2.25. The molecule has 8 heteroatoms.